The van der Waals surface area contributed by atoms with E-state index in [1.165, 1.54) is 20.3 Å². The molecule has 0 atom stereocenters. The summed E-state index contributed by atoms with van der Waals surface area (Å²) in [4.78, 5) is 0.126. The topological polar surface area (TPSA) is 64.6 Å². The fourth-order valence-corrected chi connectivity index (χ4v) is 3.12. The second-order valence-electron chi connectivity index (χ2n) is 6.08. The van der Waals surface area contributed by atoms with Crippen LogP contribution in [0.25, 0.3) is 0 Å². The van der Waals surface area contributed by atoms with Gasteiger partial charge in [-0.2, -0.15) is 0 Å². The van der Waals surface area contributed by atoms with Crippen molar-refractivity contribution in [3.05, 3.63) is 18.2 Å². The van der Waals surface area contributed by atoms with Crippen molar-refractivity contribution in [2.45, 2.75) is 38.5 Å². The summed E-state index contributed by atoms with van der Waals surface area (Å²) in [6, 6.07) is 4.65. The van der Waals surface area contributed by atoms with Gasteiger partial charge < -0.3 is 9.47 Å². The van der Waals surface area contributed by atoms with Crippen LogP contribution >= 0.6 is 0 Å². The van der Waals surface area contributed by atoms with Crippen LogP contribution in [0.3, 0.4) is 0 Å². The summed E-state index contributed by atoms with van der Waals surface area (Å²) in [7, 11) is -0.617. The average Bonchev–Trinajstić information content (AvgIpc) is 2.42. The van der Waals surface area contributed by atoms with E-state index in [0.717, 1.165) is 12.8 Å². The first kappa shape index (κ1) is 17.8. The van der Waals surface area contributed by atoms with Gasteiger partial charge in [0.2, 0.25) is 10.0 Å². The Kier molecular flexibility index (Phi) is 6.04. The van der Waals surface area contributed by atoms with Crippen molar-refractivity contribution in [2.75, 3.05) is 20.8 Å². The lowest BCUT2D eigenvalue weighted by molar-refractivity contribution is 0.365. The number of ether oxygens (including phenoxy) is 2. The number of hydrogen-bond donors (Lipinski definition) is 1. The zero-order chi connectivity index (χ0) is 16.1. The molecule has 0 aromatic heterocycles. The first-order valence-electron chi connectivity index (χ1n) is 6.91. The largest absolute Gasteiger partial charge is 0.497 e. The SMILES string of the molecule is COc1ccc(S(=O)(=O)NCCCC(C)(C)C)c(OC)c1. The summed E-state index contributed by atoms with van der Waals surface area (Å²) in [6.07, 6.45) is 1.75. The van der Waals surface area contributed by atoms with Crippen LogP contribution in [0, 0.1) is 5.41 Å². The van der Waals surface area contributed by atoms with Crippen molar-refractivity contribution in [3.63, 3.8) is 0 Å². The van der Waals surface area contributed by atoms with E-state index in [4.69, 9.17) is 9.47 Å². The van der Waals surface area contributed by atoms with Gasteiger partial charge in [-0.3, -0.25) is 0 Å². The van der Waals surface area contributed by atoms with Crippen LogP contribution < -0.4 is 14.2 Å². The molecule has 0 aliphatic rings. The molecule has 0 bridgehead atoms. The lowest BCUT2D eigenvalue weighted by Crippen LogP contribution is -2.26. The molecule has 0 saturated heterocycles. The third-order valence-electron chi connectivity index (χ3n) is 3.06. The molecule has 0 amide bonds. The highest BCUT2D eigenvalue weighted by Gasteiger charge is 2.20. The molecular weight excluding hydrogens is 290 g/mol. The zero-order valence-electron chi connectivity index (χ0n) is 13.4. The number of methoxy groups -OCH3 is 2. The molecule has 0 spiro atoms. The van der Waals surface area contributed by atoms with Crippen molar-refractivity contribution in [1.29, 1.82) is 0 Å². The van der Waals surface area contributed by atoms with Crippen molar-refractivity contribution < 1.29 is 17.9 Å². The first-order valence-corrected chi connectivity index (χ1v) is 8.39. The number of nitrogens with one attached hydrogen (secondary N) is 1. The highest BCUT2D eigenvalue weighted by Crippen LogP contribution is 2.28. The van der Waals surface area contributed by atoms with E-state index in [1.807, 2.05) is 0 Å². The predicted molar refractivity (Wildman–Crippen MR) is 83.4 cm³/mol. The summed E-state index contributed by atoms with van der Waals surface area (Å²) in [5.74, 6) is 0.830. The van der Waals surface area contributed by atoms with E-state index in [0.29, 0.717) is 12.3 Å². The van der Waals surface area contributed by atoms with E-state index in [2.05, 4.69) is 25.5 Å². The van der Waals surface area contributed by atoms with Crippen LogP contribution in [0.15, 0.2) is 23.1 Å². The molecule has 0 aliphatic heterocycles. The average molecular weight is 315 g/mol. The molecule has 0 radical (unpaired) electrons. The Morgan fingerprint density at radius 3 is 2.33 bits per heavy atom. The van der Waals surface area contributed by atoms with Crippen LogP contribution in [-0.2, 0) is 10.0 Å². The summed E-state index contributed by atoms with van der Waals surface area (Å²) in [5.41, 5.74) is 0.198. The zero-order valence-corrected chi connectivity index (χ0v) is 14.2. The molecule has 0 heterocycles. The maximum Gasteiger partial charge on any atom is 0.244 e. The second kappa shape index (κ2) is 7.13. The van der Waals surface area contributed by atoms with E-state index < -0.39 is 10.0 Å². The Bertz CT molecular complexity index is 562. The van der Waals surface area contributed by atoms with Gasteiger partial charge in [0, 0.05) is 12.6 Å². The summed E-state index contributed by atoms with van der Waals surface area (Å²) >= 11 is 0. The monoisotopic (exact) mass is 315 g/mol. The van der Waals surface area contributed by atoms with Gasteiger partial charge in [-0.15, -0.1) is 0 Å². The summed E-state index contributed by atoms with van der Waals surface area (Å²) in [5, 5.41) is 0. The van der Waals surface area contributed by atoms with Crippen LogP contribution in [0.2, 0.25) is 0 Å². The van der Waals surface area contributed by atoms with E-state index in [1.54, 1.807) is 12.1 Å². The van der Waals surface area contributed by atoms with Crippen molar-refractivity contribution in [2.24, 2.45) is 5.41 Å². The van der Waals surface area contributed by atoms with E-state index >= 15 is 0 Å². The van der Waals surface area contributed by atoms with Crippen molar-refractivity contribution >= 4 is 10.0 Å². The van der Waals surface area contributed by atoms with E-state index in [9.17, 15) is 8.42 Å². The van der Waals surface area contributed by atoms with Crippen molar-refractivity contribution in [1.82, 2.24) is 4.72 Å². The Hall–Kier alpha value is -1.27. The Morgan fingerprint density at radius 2 is 1.81 bits per heavy atom. The number of hydrogen-bond acceptors (Lipinski definition) is 4. The molecule has 0 fully saturated rings. The number of sulfonamides is 1. The minimum atomic E-state index is -3.58. The third-order valence-corrected chi connectivity index (χ3v) is 4.56. The highest BCUT2D eigenvalue weighted by atomic mass is 32.2. The molecule has 1 rings (SSSR count). The molecular formula is C15H25NO4S. The molecule has 0 unspecified atom stereocenters. The summed E-state index contributed by atoms with van der Waals surface area (Å²) in [6.45, 7) is 6.81. The Labute approximate surface area is 127 Å². The van der Waals surface area contributed by atoms with Crippen LogP contribution in [0.1, 0.15) is 33.6 Å². The van der Waals surface area contributed by atoms with Gasteiger partial charge in [0.05, 0.1) is 14.2 Å². The summed E-state index contributed by atoms with van der Waals surface area (Å²) < 4.78 is 37.4. The third kappa shape index (κ3) is 5.55. The van der Waals surface area contributed by atoms with Gasteiger partial charge in [-0.1, -0.05) is 20.8 Å². The van der Waals surface area contributed by atoms with Gasteiger partial charge in [0.1, 0.15) is 16.4 Å². The molecule has 1 N–H and O–H groups in total. The number of rotatable bonds is 7. The molecule has 0 aliphatic carbocycles. The van der Waals surface area contributed by atoms with Gasteiger partial charge in [-0.25, -0.2) is 13.1 Å². The van der Waals surface area contributed by atoms with Crippen LogP contribution in [-0.4, -0.2) is 29.2 Å². The normalized spacial score (nSPS) is 12.2. The maximum absolute atomic E-state index is 12.3. The lowest BCUT2D eigenvalue weighted by atomic mass is 9.91. The van der Waals surface area contributed by atoms with Crippen molar-refractivity contribution in [3.8, 4) is 11.5 Å². The fraction of sp³-hybridized carbons (Fsp3) is 0.600. The van der Waals surface area contributed by atoms with Gasteiger partial charge in [-0.05, 0) is 30.4 Å². The highest BCUT2D eigenvalue weighted by molar-refractivity contribution is 7.89. The van der Waals surface area contributed by atoms with Gasteiger partial charge in [0.25, 0.3) is 0 Å². The Morgan fingerprint density at radius 1 is 1.14 bits per heavy atom. The fourth-order valence-electron chi connectivity index (χ4n) is 1.90. The molecule has 21 heavy (non-hydrogen) atoms. The second-order valence-corrected chi connectivity index (χ2v) is 7.81. The smallest absolute Gasteiger partial charge is 0.244 e. The van der Waals surface area contributed by atoms with Crippen LogP contribution in [0.5, 0.6) is 11.5 Å². The minimum Gasteiger partial charge on any atom is -0.497 e. The molecule has 0 saturated carbocycles. The van der Waals surface area contributed by atoms with Crippen LogP contribution in [0.4, 0.5) is 0 Å². The van der Waals surface area contributed by atoms with Gasteiger partial charge >= 0.3 is 0 Å². The molecule has 5 nitrogen and oxygen atoms in total. The number of benzene rings is 1. The molecule has 120 valence electrons. The maximum atomic E-state index is 12.3. The minimum absolute atomic E-state index is 0.126. The lowest BCUT2D eigenvalue weighted by Gasteiger charge is -2.18. The predicted octanol–water partition coefficient (Wildman–Crippen LogP) is 2.81. The Balaban J connectivity index is 2.79. The molecule has 6 heteroatoms. The molecule has 1 aromatic carbocycles. The van der Waals surface area contributed by atoms with E-state index in [-0.39, 0.29) is 16.1 Å². The first-order chi connectivity index (χ1) is 9.69. The van der Waals surface area contributed by atoms with Gasteiger partial charge in [0.15, 0.2) is 0 Å². The quantitative estimate of drug-likeness (QED) is 0.786. The standard InChI is InChI=1S/C15H25NO4S/c1-15(2,3)9-6-10-16-21(17,18)14-8-7-12(19-4)11-13(14)20-5/h7-8,11,16H,6,9-10H2,1-5H3. The molecule has 1 aromatic rings.